The van der Waals surface area contributed by atoms with Crippen molar-refractivity contribution in [2.75, 3.05) is 14.7 Å². The van der Waals surface area contributed by atoms with E-state index in [1.165, 1.54) is 90.1 Å². The zero-order valence-corrected chi connectivity index (χ0v) is 55.0. The third-order valence-electron chi connectivity index (χ3n) is 20.8. The number of hydrogen-bond donors (Lipinski definition) is 0. The Hall–Kier alpha value is -6.98. The molecule has 1 aromatic heterocycles. The summed E-state index contributed by atoms with van der Waals surface area (Å²) in [4.78, 5) is 7.82. The highest BCUT2D eigenvalue weighted by Gasteiger charge is 2.48. The summed E-state index contributed by atoms with van der Waals surface area (Å²) in [7, 11) is 0. The highest BCUT2D eigenvalue weighted by Crippen LogP contribution is 2.55. The lowest BCUT2D eigenvalue weighted by atomic mass is 9.33. The van der Waals surface area contributed by atoms with Gasteiger partial charge >= 0.3 is 0 Å². The van der Waals surface area contributed by atoms with Crippen LogP contribution in [0.25, 0.3) is 21.9 Å². The Morgan fingerprint density at radius 2 is 0.859 bits per heavy atom. The molecule has 0 spiro atoms. The molecule has 0 unspecified atom stereocenters. The minimum Gasteiger partial charge on any atom is -0.454 e. The lowest BCUT2D eigenvalue weighted by Gasteiger charge is -2.48. The van der Waals surface area contributed by atoms with Crippen molar-refractivity contribution in [3.05, 3.63) is 190 Å². The van der Waals surface area contributed by atoms with E-state index in [2.05, 4.69) is 299 Å². The quantitative estimate of drug-likeness (QED) is 0.160. The van der Waals surface area contributed by atoms with Crippen molar-refractivity contribution < 1.29 is 4.42 Å². The summed E-state index contributed by atoms with van der Waals surface area (Å²) in [5.74, 6) is 0. The molecule has 0 bridgehead atoms. The molecule has 0 fully saturated rings. The Kier molecular flexibility index (Phi) is 12.6. The summed E-state index contributed by atoms with van der Waals surface area (Å²) in [6.07, 6.45) is 4.62. The van der Waals surface area contributed by atoms with Crippen LogP contribution in [-0.4, -0.2) is 6.71 Å². The first-order valence-corrected chi connectivity index (χ1v) is 31.9. The lowest BCUT2D eigenvalue weighted by Crippen LogP contribution is -2.62. The molecule has 3 heterocycles. The summed E-state index contributed by atoms with van der Waals surface area (Å²) in [6, 6.07) is 57.8. The number of nitrogens with zero attached hydrogens (tertiary/aromatic N) is 3. The normalized spacial score (nSPS) is 17.5. The molecule has 0 saturated carbocycles. The third kappa shape index (κ3) is 9.29. The summed E-state index contributed by atoms with van der Waals surface area (Å²) < 4.78 is 7.37. The lowest BCUT2D eigenvalue weighted by molar-refractivity contribution is 0.332. The zero-order valence-electron chi connectivity index (χ0n) is 55.0. The second kappa shape index (κ2) is 18.8. The number of rotatable bonds is 5. The standard InChI is InChI=1S/C80H92BN3O/c1-73(2,3)49-24-29-53(30-25-49)82(54-31-26-50(27-32-54)74(4,5)6)56-34-37-63-66(46-56)84(65-23-21-22-58-57-35-28-51(75(7,8)9)44-70(57)85-72(58)65)69-43-52(76(10,11)12)42-68-71(69)81(63)64-47-61-62(80(19,20)41-40-79(61,17)18)48-67(64)83(68)55-33-36-59-60(45-55)78(15,16)39-38-77(59,13)14/h21-37,42-48H,38-41H2,1-20H3. The third-order valence-corrected chi connectivity index (χ3v) is 20.8. The maximum Gasteiger partial charge on any atom is 0.252 e. The number of furan rings is 1. The second-order valence-electron chi connectivity index (χ2n) is 32.9. The van der Waals surface area contributed by atoms with Gasteiger partial charge in [0.15, 0.2) is 5.58 Å². The number of benzene rings is 8. The maximum atomic E-state index is 7.37. The molecule has 9 aromatic rings. The predicted octanol–water partition coefficient (Wildman–Crippen LogP) is 21.0. The van der Waals surface area contributed by atoms with E-state index in [1.807, 2.05) is 0 Å². The van der Waals surface area contributed by atoms with Gasteiger partial charge in [0.1, 0.15) is 5.58 Å². The van der Waals surface area contributed by atoms with Gasteiger partial charge in [0.25, 0.3) is 6.71 Å². The topological polar surface area (TPSA) is 22.9 Å². The average molecular weight is 1120 g/mol. The summed E-state index contributed by atoms with van der Waals surface area (Å²) in [5.41, 5.74) is 27.3. The zero-order chi connectivity index (χ0) is 60.7. The smallest absolute Gasteiger partial charge is 0.252 e. The van der Waals surface area contributed by atoms with Crippen LogP contribution in [0.2, 0.25) is 0 Å². The highest BCUT2D eigenvalue weighted by atomic mass is 16.3. The van der Waals surface area contributed by atoms with E-state index in [1.54, 1.807) is 0 Å². The second-order valence-corrected chi connectivity index (χ2v) is 32.9. The molecule has 8 aromatic carbocycles. The van der Waals surface area contributed by atoms with Gasteiger partial charge in [-0.1, -0.05) is 205 Å². The number of para-hydroxylation sites is 1. The van der Waals surface area contributed by atoms with Crippen LogP contribution in [0.4, 0.5) is 51.2 Å². The Balaban J connectivity index is 1.16. The molecule has 0 amide bonds. The molecule has 436 valence electrons. The maximum absolute atomic E-state index is 7.37. The predicted molar refractivity (Wildman–Crippen MR) is 368 cm³/mol. The van der Waals surface area contributed by atoms with Gasteiger partial charge < -0.3 is 19.1 Å². The van der Waals surface area contributed by atoms with Crippen molar-refractivity contribution in [3.8, 4) is 0 Å². The van der Waals surface area contributed by atoms with Gasteiger partial charge in [0.2, 0.25) is 0 Å². The van der Waals surface area contributed by atoms with Crippen LogP contribution in [0, 0.1) is 0 Å². The first-order valence-electron chi connectivity index (χ1n) is 31.9. The minimum atomic E-state index is -0.200. The Morgan fingerprint density at radius 1 is 0.376 bits per heavy atom. The Morgan fingerprint density at radius 3 is 1.41 bits per heavy atom. The molecule has 5 heteroatoms. The molecule has 4 nitrogen and oxygen atoms in total. The molecule has 0 atom stereocenters. The first-order chi connectivity index (χ1) is 39.6. The van der Waals surface area contributed by atoms with Crippen LogP contribution in [0.1, 0.15) is 209 Å². The van der Waals surface area contributed by atoms with E-state index in [-0.39, 0.29) is 50.0 Å². The van der Waals surface area contributed by atoms with Crippen LogP contribution >= 0.6 is 0 Å². The van der Waals surface area contributed by atoms with E-state index < -0.39 is 0 Å². The van der Waals surface area contributed by atoms with E-state index >= 15 is 0 Å². The van der Waals surface area contributed by atoms with Crippen LogP contribution in [0.3, 0.4) is 0 Å². The van der Waals surface area contributed by atoms with Gasteiger partial charge in [-0.3, -0.25) is 0 Å². The Labute approximate surface area is 510 Å². The molecule has 0 radical (unpaired) electrons. The SMILES string of the molecule is CC(C)(C)c1ccc(N(c2ccc(C(C)(C)C)cc2)c2ccc3c(c2)N(c2cccc4c2oc2cc(C(C)(C)C)ccc24)c2cc(C(C)(C)C)cc4c2B3c2cc3c(cc2N4c2ccc4c(c2)C(C)(C)CCC4(C)C)C(C)(C)CCC3(C)C)cc1. The number of fused-ring (bicyclic) bond motifs is 9. The number of hydrogen-bond acceptors (Lipinski definition) is 4. The van der Waals surface area contributed by atoms with E-state index in [9.17, 15) is 0 Å². The minimum absolute atomic E-state index is 0.000819. The van der Waals surface area contributed by atoms with Crippen molar-refractivity contribution >= 4 is 96.2 Å². The fourth-order valence-electron chi connectivity index (χ4n) is 15.0. The molecule has 4 aliphatic rings. The van der Waals surface area contributed by atoms with Gasteiger partial charge in [-0.05, 0) is 209 Å². The summed E-state index contributed by atoms with van der Waals surface area (Å²) >= 11 is 0. The van der Waals surface area contributed by atoms with Crippen LogP contribution in [0.15, 0.2) is 150 Å². The van der Waals surface area contributed by atoms with E-state index in [0.717, 1.165) is 69.6 Å². The van der Waals surface area contributed by atoms with Crippen LogP contribution in [-0.2, 0) is 43.3 Å². The van der Waals surface area contributed by atoms with Crippen molar-refractivity contribution in [3.63, 3.8) is 0 Å². The molecular weight excluding hydrogens is 1030 g/mol. The molecule has 13 rings (SSSR count). The van der Waals surface area contributed by atoms with E-state index in [0.29, 0.717) is 0 Å². The fourth-order valence-corrected chi connectivity index (χ4v) is 15.0. The molecule has 2 aliphatic heterocycles. The van der Waals surface area contributed by atoms with E-state index in [4.69, 9.17) is 4.42 Å². The van der Waals surface area contributed by atoms with Gasteiger partial charge in [-0.2, -0.15) is 0 Å². The molecule has 2 aliphatic carbocycles. The fraction of sp³-hybridized carbons (Fsp3) is 0.400. The van der Waals surface area contributed by atoms with Crippen LogP contribution < -0.4 is 31.1 Å². The highest BCUT2D eigenvalue weighted by molar-refractivity contribution is 7.00. The van der Waals surface area contributed by atoms with Gasteiger partial charge in [-0.25, -0.2) is 0 Å². The molecular formula is C80H92BN3O. The molecule has 0 N–H and O–H groups in total. The van der Waals surface area contributed by atoms with Crippen molar-refractivity contribution in [2.45, 2.75) is 207 Å². The van der Waals surface area contributed by atoms with Gasteiger partial charge in [-0.15, -0.1) is 0 Å². The van der Waals surface area contributed by atoms with Crippen molar-refractivity contribution in [1.29, 1.82) is 0 Å². The van der Waals surface area contributed by atoms with Gasteiger partial charge in [0, 0.05) is 56.3 Å². The van der Waals surface area contributed by atoms with Crippen molar-refractivity contribution in [2.24, 2.45) is 0 Å². The largest absolute Gasteiger partial charge is 0.454 e. The van der Waals surface area contributed by atoms with Crippen LogP contribution in [0.5, 0.6) is 0 Å². The molecule has 85 heavy (non-hydrogen) atoms. The first kappa shape index (κ1) is 57.1. The summed E-state index contributed by atoms with van der Waals surface area (Å²) in [6.45, 7) is 47.6. The Bertz CT molecular complexity index is 4120. The van der Waals surface area contributed by atoms with Crippen molar-refractivity contribution in [1.82, 2.24) is 0 Å². The van der Waals surface area contributed by atoms with Gasteiger partial charge in [0.05, 0.1) is 5.69 Å². The number of anilines is 9. The average Bonchev–Trinajstić information content (AvgIpc) is 0.816. The molecule has 0 saturated heterocycles. The summed E-state index contributed by atoms with van der Waals surface area (Å²) in [5, 5.41) is 2.26. The monoisotopic (exact) mass is 1120 g/mol.